The van der Waals surface area contributed by atoms with Crippen LogP contribution in [0.1, 0.15) is 32.6 Å². The average molecular weight is 456 g/mol. The van der Waals surface area contributed by atoms with E-state index in [0.717, 1.165) is 54.1 Å². The van der Waals surface area contributed by atoms with Crippen LogP contribution in [0, 0.1) is 0 Å². The number of carbonyl (C=O) groups excluding carboxylic acids is 2. The van der Waals surface area contributed by atoms with Crippen molar-refractivity contribution in [2.75, 3.05) is 36.1 Å². The molecule has 7 heteroatoms. The molecule has 2 aliphatic rings. The highest BCUT2D eigenvalue weighted by molar-refractivity contribution is 6.04. The molecule has 0 aliphatic carbocycles. The number of carbonyl (C=O) groups is 2. The van der Waals surface area contributed by atoms with Gasteiger partial charge in [-0.3, -0.25) is 9.69 Å². The van der Waals surface area contributed by atoms with Crippen LogP contribution in [0.3, 0.4) is 0 Å². The molecule has 0 bridgehead atoms. The third kappa shape index (κ3) is 4.47. The van der Waals surface area contributed by atoms with Crippen LogP contribution in [-0.4, -0.2) is 37.0 Å². The molecule has 3 aromatic carbocycles. The Morgan fingerprint density at radius 3 is 2.71 bits per heavy atom. The number of nitrogens with zero attached hydrogens (tertiary/aromatic N) is 2. The van der Waals surface area contributed by atoms with Gasteiger partial charge >= 0.3 is 6.03 Å². The van der Waals surface area contributed by atoms with Crippen LogP contribution < -0.4 is 21.3 Å². The molecular formula is C27H29N5O2. The monoisotopic (exact) mass is 455 g/mol. The van der Waals surface area contributed by atoms with Gasteiger partial charge in [0.1, 0.15) is 0 Å². The second kappa shape index (κ2) is 9.19. The number of rotatable bonds is 4. The van der Waals surface area contributed by atoms with E-state index in [9.17, 15) is 9.59 Å². The molecule has 0 fully saturated rings. The van der Waals surface area contributed by atoms with Crippen molar-refractivity contribution >= 4 is 29.0 Å². The number of nitrogens with two attached hydrogens (primary N) is 1. The molecule has 0 radical (unpaired) electrons. The van der Waals surface area contributed by atoms with Crippen molar-refractivity contribution in [2.45, 2.75) is 25.9 Å². The summed E-state index contributed by atoms with van der Waals surface area (Å²) >= 11 is 0. The Bertz CT molecular complexity index is 1260. The van der Waals surface area contributed by atoms with Gasteiger partial charge in [0, 0.05) is 48.7 Å². The van der Waals surface area contributed by atoms with Crippen molar-refractivity contribution in [3.8, 4) is 0 Å². The van der Waals surface area contributed by atoms with E-state index in [0.29, 0.717) is 18.7 Å². The minimum atomic E-state index is -0.168. The number of hydrogen-bond acceptors (Lipinski definition) is 4. The molecule has 3 amide bonds. The number of amides is 3. The smallest absolute Gasteiger partial charge is 0.322 e. The highest BCUT2D eigenvalue weighted by atomic mass is 16.2. The van der Waals surface area contributed by atoms with E-state index >= 15 is 0 Å². The Morgan fingerprint density at radius 2 is 1.82 bits per heavy atom. The van der Waals surface area contributed by atoms with E-state index in [2.05, 4.69) is 34.7 Å². The van der Waals surface area contributed by atoms with Crippen molar-refractivity contribution in [3.05, 3.63) is 88.5 Å². The largest absolute Gasteiger partial charge is 0.398 e. The van der Waals surface area contributed by atoms with Crippen LogP contribution >= 0.6 is 0 Å². The molecule has 7 nitrogen and oxygen atoms in total. The molecular weight excluding hydrogens is 426 g/mol. The first-order chi connectivity index (χ1) is 16.5. The number of anilines is 3. The van der Waals surface area contributed by atoms with Gasteiger partial charge in [-0.1, -0.05) is 24.3 Å². The lowest BCUT2D eigenvalue weighted by Gasteiger charge is -2.25. The van der Waals surface area contributed by atoms with Gasteiger partial charge in [0.2, 0.25) is 0 Å². The Hall–Kier alpha value is -3.84. The number of fused-ring (bicyclic) bond motifs is 2. The van der Waals surface area contributed by atoms with Gasteiger partial charge in [0.15, 0.2) is 0 Å². The topological polar surface area (TPSA) is 90.7 Å². The Labute approximate surface area is 199 Å². The van der Waals surface area contributed by atoms with E-state index in [4.69, 9.17) is 5.73 Å². The molecule has 0 saturated carbocycles. The quantitative estimate of drug-likeness (QED) is 0.522. The summed E-state index contributed by atoms with van der Waals surface area (Å²) in [5.41, 5.74) is 13.5. The first-order valence-corrected chi connectivity index (χ1v) is 11.6. The maximum atomic E-state index is 12.9. The van der Waals surface area contributed by atoms with E-state index in [1.807, 2.05) is 42.5 Å². The van der Waals surface area contributed by atoms with Gasteiger partial charge in [-0.25, -0.2) is 4.79 Å². The fraction of sp³-hybridized carbons (Fsp3) is 0.259. The van der Waals surface area contributed by atoms with Gasteiger partial charge in [-0.2, -0.15) is 0 Å². The van der Waals surface area contributed by atoms with E-state index in [1.165, 1.54) is 11.1 Å². The summed E-state index contributed by atoms with van der Waals surface area (Å²) in [4.78, 5) is 29.7. The highest BCUT2D eigenvalue weighted by Crippen LogP contribution is 2.32. The lowest BCUT2D eigenvalue weighted by molar-refractivity contribution is 0.102. The first-order valence-electron chi connectivity index (χ1n) is 11.6. The molecule has 3 aromatic rings. The summed E-state index contributed by atoms with van der Waals surface area (Å²) in [7, 11) is 2.11. The molecule has 0 atom stereocenters. The van der Waals surface area contributed by atoms with E-state index < -0.39 is 0 Å². The minimum absolute atomic E-state index is 0.166. The Balaban J connectivity index is 1.22. The zero-order valence-corrected chi connectivity index (χ0v) is 19.3. The molecule has 0 saturated heterocycles. The summed E-state index contributed by atoms with van der Waals surface area (Å²) in [5, 5.41) is 5.98. The molecule has 0 aromatic heterocycles. The number of benzene rings is 3. The van der Waals surface area contributed by atoms with Crippen LogP contribution in [-0.2, 0) is 25.9 Å². The molecule has 0 unspecified atom stereocenters. The Morgan fingerprint density at radius 1 is 0.971 bits per heavy atom. The van der Waals surface area contributed by atoms with Crippen molar-refractivity contribution in [1.82, 2.24) is 10.2 Å². The molecule has 5 rings (SSSR count). The minimum Gasteiger partial charge on any atom is -0.398 e. The maximum Gasteiger partial charge on any atom is 0.322 e. The van der Waals surface area contributed by atoms with Crippen molar-refractivity contribution in [1.29, 1.82) is 0 Å². The first kappa shape index (κ1) is 22.0. The van der Waals surface area contributed by atoms with Gasteiger partial charge in [0.05, 0.1) is 5.69 Å². The second-order valence-corrected chi connectivity index (χ2v) is 9.03. The van der Waals surface area contributed by atoms with Crippen molar-refractivity contribution in [3.63, 3.8) is 0 Å². The highest BCUT2D eigenvalue weighted by Gasteiger charge is 2.25. The third-order valence-corrected chi connectivity index (χ3v) is 6.61. The summed E-state index contributed by atoms with van der Waals surface area (Å²) in [6.07, 6.45) is 1.79. The molecule has 0 spiro atoms. The normalized spacial score (nSPS) is 14.9. The third-order valence-electron chi connectivity index (χ3n) is 6.61. The fourth-order valence-corrected chi connectivity index (χ4v) is 4.75. The van der Waals surface area contributed by atoms with Crippen LogP contribution in [0.5, 0.6) is 0 Å². The second-order valence-electron chi connectivity index (χ2n) is 9.03. The number of hydrogen-bond donors (Lipinski definition) is 3. The summed E-state index contributed by atoms with van der Waals surface area (Å²) in [6, 6.07) is 19.0. The number of likely N-dealkylation sites (N-methyl/N-ethyl adjacent to an activating group) is 1. The van der Waals surface area contributed by atoms with Gasteiger partial charge in [-0.05, 0) is 73.0 Å². The Kier molecular flexibility index (Phi) is 5.94. The van der Waals surface area contributed by atoms with Gasteiger partial charge in [0.25, 0.3) is 5.91 Å². The maximum absolute atomic E-state index is 12.9. The van der Waals surface area contributed by atoms with Gasteiger partial charge < -0.3 is 21.3 Å². The molecule has 4 N–H and O–H groups in total. The number of nitrogen functional groups attached to an aromatic ring is 1. The van der Waals surface area contributed by atoms with Gasteiger partial charge in [-0.15, -0.1) is 0 Å². The molecule has 2 heterocycles. The van der Waals surface area contributed by atoms with Crippen molar-refractivity contribution < 1.29 is 9.59 Å². The average Bonchev–Trinajstić information content (AvgIpc) is 3.28. The van der Waals surface area contributed by atoms with Crippen LogP contribution in [0.15, 0.2) is 60.7 Å². The summed E-state index contributed by atoms with van der Waals surface area (Å²) < 4.78 is 0. The van der Waals surface area contributed by atoms with Crippen LogP contribution in [0.25, 0.3) is 0 Å². The lowest BCUT2D eigenvalue weighted by Crippen LogP contribution is -2.38. The SMILES string of the molecule is CN1CCc2ccc(NC(=O)c3cccc(CNC(=O)N4CCc5c(N)cccc54)c3)cc2C1. The lowest BCUT2D eigenvalue weighted by atomic mass is 9.99. The van der Waals surface area contributed by atoms with E-state index in [-0.39, 0.29) is 11.9 Å². The predicted molar refractivity (Wildman–Crippen MR) is 135 cm³/mol. The summed E-state index contributed by atoms with van der Waals surface area (Å²) in [6.45, 7) is 2.89. The predicted octanol–water partition coefficient (Wildman–Crippen LogP) is 3.78. The summed E-state index contributed by atoms with van der Waals surface area (Å²) in [5.74, 6) is -0.166. The zero-order chi connectivity index (χ0) is 23.7. The number of urea groups is 1. The van der Waals surface area contributed by atoms with Crippen molar-refractivity contribution in [2.24, 2.45) is 0 Å². The van der Waals surface area contributed by atoms with Crippen LogP contribution in [0.2, 0.25) is 0 Å². The molecule has 34 heavy (non-hydrogen) atoms. The van der Waals surface area contributed by atoms with Crippen LogP contribution in [0.4, 0.5) is 21.9 Å². The standard InChI is InChI=1S/C27H29N5O2/c1-31-12-10-19-8-9-22(15-21(19)17-31)30-26(33)20-5-2-4-18(14-20)16-29-27(34)32-13-11-23-24(28)6-3-7-25(23)32/h2-9,14-15H,10-13,16-17,28H2,1H3,(H,29,34)(H,30,33). The zero-order valence-electron chi connectivity index (χ0n) is 19.3. The molecule has 2 aliphatic heterocycles. The number of nitrogens with one attached hydrogen (secondary N) is 2. The molecule has 174 valence electrons. The fourth-order valence-electron chi connectivity index (χ4n) is 4.75. The van der Waals surface area contributed by atoms with E-state index in [1.54, 1.807) is 11.0 Å².